The second-order valence-electron chi connectivity index (χ2n) is 7.94. The Balaban J connectivity index is 1.63. The van der Waals surface area contributed by atoms with Gasteiger partial charge in [-0.2, -0.15) is 0 Å². The van der Waals surface area contributed by atoms with E-state index < -0.39 is 58.5 Å². The van der Waals surface area contributed by atoms with Crippen LogP contribution in [0.1, 0.15) is 39.3 Å². The van der Waals surface area contributed by atoms with Gasteiger partial charge in [0.05, 0.1) is 6.61 Å². The van der Waals surface area contributed by atoms with Crippen molar-refractivity contribution in [3.05, 3.63) is 35.9 Å². The largest absolute Gasteiger partial charge is 0.511 e. The Kier molecular flexibility index (Phi) is 6.99. The number of carbonyl (C=O) groups excluding carboxylic acids is 4. The van der Waals surface area contributed by atoms with E-state index in [9.17, 15) is 19.2 Å². The lowest BCUT2D eigenvalue weighted by atomic mass is 9.95. The number of hydrogen-bond acceptors (Lipinski definition) is 9. The third-order valence-electron chi connectivity index (χ3n) is 5.21. The van der Waals surface area contributed by atoms with E-state index in [0.717, 1.165) is 0 Å². The first kappa shape index (κ1) is 23.9. The van der Waals surface area contributed by atoms with E-state index in [1.54, 1.807) is 45.0 Å². The fourth-order valence-corrected chi connectivity index (χ4v) is 5.34. The van der Waals surface area contributed by atoms with Gasteiger partial charge >= 0.3 is 12.1 Å². The van der Waals surface area contributed by atoms with E-state index in [1.165, 1.54) is 23.6 Å². The summed E-state index contributed by atoms with van der Waals surface area (Å²) in [5.74, 6) is -1.58. The summed E-state index contributed by atoms with van der Waals surface area (Å²) in [5, 5.41) is 2.26. The van der Waals surface area contributed by atoms with Crippen molar-refractivity contribution < 1.29 is 33.4 Å². The standard InChI is InChI=1S/C21H27N3O7S/c1-5-29-20(28)31-11(2)30-19(27)15-21(3,4)32-18-14(17(26)24(15)18)23-16(25)13(22)12-9-7-6-8-10-12/h6-11,13-15,18H,5,22H2,1-4H3,(H,23,25)/t11?,13?,14-,15+,18-/m1/s1. The molecule has 1 aromatic rings. The second-order valence-corrected chi connectivity index (χ2v) is 9.71. The molecule has 2 unspecified atom stereocenters. The first-order chi connectivity index (χ1) is 15.1. The van der Waals surface area contributed by atoms with E-state index in [-0.39, 0.29) is 6.61 Å². The Morgan fingerprint density at radius 1 is 1.22 bits per heavy atom. The number of nitrogens with two attached hydrogens (primary N) is 1. The first-order valence-electron chi connectivity index (χ1n) is 10.2. The Hall–Kier alpha value is -2.79. The molecule has 3 rings (SSSR count). The SMILES string of the molecule is CCOC(=O)OC(C)OC(=O)[C@@H]1N2C(=O)[C@@H](NC(=O)C(N)c3ccccc3)[C@H]2SC1(C)C. The summed E-state index contributed by atoms with van der Waals surface area (Å²) in [6.45, 7) is 6.74. The van der Waals surface area contributed by atoms with Crippen molar-refractivity contribution in [2.75, 3.05) is 6.61 Å². The molecular weight excluding hydrogens is 438 g/mol. The quantitative estimate of drug-likeness (QED) is 0.347. The Bertz CT molecular complexity index is 895. The van der Waals surface area contributed by atoms with E-state index >= 15 is 0 Å². The van der Waals surface area contributed by atoms with E-state index in [0.29, 0.717) is 5.56 Å². The molecule has 5 atom stereocenters. The monoisotopic (exact) mass is 465 g/mol. The number of fused-ring (bicyclic) bond motifs is 1. The zero-order valence-electron chi connectivity index (χ0n) is 18.3. The van der Waals surface area contributed by atoms with Gasteiger partial charge in [-0.25, -0.2) is 9.59 Å². The highest BCUT2D eigenvalue weighted by Crippen LogP contribution is 2.51. The van der Waals surface area contributed by atoms with Gasteiger partial charge in [0, 0.05) is 11.7 Å². The van der Waals surface area contributed by atoms with Crippen molar-refractivity contribution in [2.24, 2.45) is 5.73 Å². The van der Waals surface area contributed by atoms with Gasteiger partial charge in [-0.05, 0) is 26.3 Å². The highest BCUT2D eigenvalue weighted by molar-refractivity contribution is 8.01. The molecule has 2 fully saturated rings. The number of ether oxygens (including phenoxy) is 3. The summed E-state index contributed by atoms with van der Waals surface area (Å²) in [7, 11) is 0. The number of hydrogen-bond donors (Lipinski definition) is 2. The lowest BCUT2D eigenvalue weighted by Gasteiger charge is -2.44. The fourth-order valence-electron chi connectivity index (χ4n) is 3.72. The van der Waals surface area contributed by atoms with Crippen LogP contribution in [0.2, 0.25) is 0 Å². The molecule has 0 aromatic heterocycles. The maximum atomic E-state index is 12.8. The number of carbonyl (C=O) groups is 4. The molecule has 1 aromatic carbocycles. The fraction of sp³-hybridized carbons (Fsp3) is 0.524. The summed E-state index contributed by atoms with van der Waals surface area (Å²) in [5.41, 5.74) is 6.65. The molecule has 0 saturated carbocycles. The number of nitrogens with one attached hydrogen (secondary N) is 1. The van der Waals surface area contributed by atoms with Crippen LogP contribution < -0.4 is 11.1 Å². The molecule has 174 valence electrons. The van der Waals surface area contributed by atoms with Crippen molar-refractivity contribution in [2.45, 2.75) is 62.2 Å². The van der Waals surface area contributed by atoms with Crippen LogP contribution in [0.25, 0.3) is 0 Å². The molecule has 32 heavy (non-hydrogen) atoms. The molecule has 10 nitrogen and oxygen atoms in total. The number of β-lactam (4-membered cyclic amide) rings is 1. The van der Waals surface area contributed by atoms with Crippen molar-refractivity contribution in [3.63, 3.8) is 0 Å². The Morgan fingerprint density at radius 2 is 1.88 bits per heavy atom. The third-order valence-corrected chi connectivity index (χ3v) is 6.78. The molecule has 0 spiro atoms. The maximum Gasteiger partial charge on any atom is 0.511 e. The molecule has 0 radical (unpaired) electrons. The molecule has 11 heteroatoms. The molecule has 2 heterocycles. The number of nitrogens with zero attached hydrogens (tertiary/aromatic N) is 1. The number of amides is 2. The van der Waals surface area contributed by atoms with Crippen LogP contribution in [0, 0.1) is 0 Å². The molecule has 2 saturated heterocycles. The molecule has 0 aliphatic carbocycles. The van der Waals surface area contributed by atoms with Crippen LogP contribution in [-0.2, 0) is 28.6 Å². The topological polar surface area (TPSA) is 137 Å². The van der Waals surface area contributed by atoms with Crippen LogP contribution >= 0.6 is 11.8 Å². The van der Waals surface area contributed by atoms with Gasteiger partial charge in [-0.3, -0.25) is 9.59 Å². The number of thioether (sulfide) groups is 1. The third kappa shape index (κ3) is 4.68. The smallest absolute Gasteiger partial charge is 0.435 e. The van der Waals surface area contributed by atoms with E-state index in [2.05, 4.69) is 10.1 Å². The van der Waals surface area contributed by atoms with Crippen molar-refractivity contribution >= 4 is 35.7 Å². The number of esters is 1. The van der Waals surface area contributed by atoms with Crippen molar-refractivity contribution in [1.82, 2.24) is 10.2 Å². The minimum atomic E-state index is -1.18. The van der Waals surface area contributed by atoms with Crippen LogP contribution in [0.15, 0.2) is 30.3 Å². The lowest BCUT2D eigenvalue weighted by Crippen LogP contribution is -2.71. The molecule has 2 amide bonds. The maximum absolute atomic E-state index is 12.8. The van der Waals surface area contributed by atoms with Gasteiger partial charge in [0.2, 0.25) is 18.1 Å². The van der Waals surface area contributed by atoms with Gasteiger partial charge in [0.15, 0.2) is 0 Å². The summed E-state index contributed by atoms with van der Waals surface area (Å²) < 4.78 is 14.0. The highest BCUT2D eigenvalue weighted by Gasteiger charge is 2.64. The van der Waals surface area contributed by atoms with E-state index in [4.69, 9.17) is 15.2 Å². The zero-order valence-corrected chi connectivity index (χ0v) is 19.1. The highest BCUT2D eigenvalue weighted by atomic mass is 32.2. The number of benzene rings is 1. The molecular formula is C21H27N3O7S. The average Bonchev–Trinajstić information content (AvgIpc) is 2.99. The van der Waals surface area contributed by atoms with E-state index in [1.807, 2.05) is 6.07 Å². The minimum Gasteiger partial charge on any atom is -0.435 e. The average molecular weight is 466 g/mol. The van der Waals surface area contributed by atoms with Crippen LogP contribution in [0.3, 0.4) is 0 Å². The predicted octanol–water partition coefficient (Wildman–Crippen LogP) is 1.30. The van der Waals surface area contributed by atoms with Crippen LogP contribution in [0.5, 0.6) is 0 Å². The zero-order chi connectivity index (χ0) is 23.6. The van der Waals surface area contributed by atoms with Crippen molar-refractivity contribution in [3.8, 4) is 0 Å². The van der Waals surface area contributed by atoms with Gasteiger partial charge in [-0.1, -0.05) is 30.3 Å². The normalized spacial score (nSPS) is 25.1. The Morgan fingerprint density at radius 3 is 2.50 bits per heavy atom. The van der Waals surface area contributed by atoms with Gasteiger partial charge < -0.3 is 30.2 Å². The van der Waals surface area contributed by atoms with Crippen LogP contribution in [-0.4, -0.2) is 63.9 Å². The van der Waals surface area contributed by atoms with Crippen molar-refractivity contribution in [1.29, 1.82) is 0 Å². The summed E-state index contributed by atoms with van der Waals surface area (Å²) in [6.07, 6.45) is -2.14. The summed E-state index contributed by atoms with van der Waals surface area (Å²) in [6, 6.07) is 6.21. The molecule has 0 bridgehead atoms. The summed E-state index contributed by atoms with van der Waals surface area (Å²) in [4.78, 5) is 51.0. The summed E-state index contributed by atoms with van der Waals surface area (Å²) >= 11 is 1.38. The molecule has 2 aliphatic heterocycles. The van der Waals surface area contributed by atoms with Gasteiger partial charge in [-0.15, -0.1) is 11.8 Å². The second kappa shape index (κ2) is 9.37. The minimum absolute atomic E-state index is 0.122. The lowest BCUT2D eigenvalue weighted by molar-refractivity contribution is -0.180. The first-order valence-corrected chi connectivity index (χ1v) is 11.1. The van der Waals surface area contributed by atoms with Gasteiger partial charge in [0.1, 0.15) is 23.5 Å². The number of rotatable bonds is 7. The molecule has 3 N–H and O–H groups in total. The Labute approximate surface area is 190 Å². The van der Waals surface area contributed by atoms with Gasteiger partial charge in [0.25, 0.3) is 0 Å². The predicted molar refractivity (Wildman–Crippen MR) is 115 cm³/mol. The van der Waals surface area contributed by atoms with Crippen LogP contribution in [0.4, 0.5) is 4.79 Å². The molecule has 2 aliphatic rings.